The fourth-order valence-corrected chi connectivity index (χ4v) is 2.12. The van der Waals surface area contributed by atoms with Crippen LogP contribution in [0.3, 0.4) is 0 Å². The molecule has 4 heteroatoms. The van der Waals surface area contributed by atoms with Gasteiger partial charge in [-0.05, 0) is 39.0 Å². The van der Waals surface area contributed by atoms with E-state index >= 15 is 0 Å². The van der Waals surface area contributed by atoms with E-state index in [9.17, 15) is 4.79 Å². The van der Waals surface area contributed by atoms with Crippen molar-refractivity contribution in [3.8, 4) is 16.9 Å². The van der Waals surface area contributed by atoms with Crippen LogP contribution in [-0.2, 0) is 0 Å². The molecule has 0 radical (unpaired) electrons. The van der Waals surface area contributed by atoms with Crippen LogP contribution >= 0.6 is 0 Å². The molecule has 1 amide bonds. The number of carbonyl (C=O) groups excluding carboxylic acids is 1. The van der Waals surface area contributed by atoms with Crippen LogP contribution in [0, 0.1) is 6.92 Å². The minimum atomic E-state index is -0.325. The van der Waals surface area contributed by atoms with Gasteiger partial charge in [-0.2, -0.15) is 0 Å². The molecular formula is C17H20N2O2. The van der Waals surface area contributed by atoms with E-state index in [1.807, 2.05) is 51.1 Å². The Morgan fingerprint density at radius 3 is 2.62 bits per heavy atom. The average molecular weight is 284 g/mol. The fourth-order valence-electron chi connectivity index (χ4n) is 2.12. The zero-order chi connectivity index (χ0) is 15.2. The minimum Gasteiger partial charge on any atom is -0.410 e. The van der Waals surface area contributed by atoms with E-state index in [-0.39, 0.29) is 6.09 Å². The fraction of sp³-hybridized carbons (Fsp3) is 0.294. The smallest absolute Gasteiger partial charge is 0.410 e. The maximum atomic E-state index is 12.1. The van der Waals surface area contributed by atoms with Gasteiger partial charge in [0.05, 0.1) is 0 Å². The highest BCUT2D eigenvalue weighted by molar-refractivity contribution is 5.77. The van der Waals surface area contributed by atoms with E-state index in [1.54, 1.807) is 17.3 Å². The second kappa shape index (κ2) is 6.88. The summed E-state index contributed by atoms with van der Waals surface area (Å²) < 4.78 is 5.56. The van der Waals surface area contributed by atoms with Crippen LogP contribution in [0.2, 0.25) is 0 Å². The van der Waals surface area contributed by atoms with Crippen molar-refractivity contribution >= 4 is 6.09 Å². The van der Waals surface area contributed by atoms with E-state index in [1.165, 1.54) is 0 Å². The summed E-state index contributed by atoms with van der Waals surface area (Å²) in [7, 11) is 0. The second-order valence-electron chi connectivity index (χ2n) is 4.78. The molecular weight excluding hydrogens is 264 g/mol. The standard InChI is InChI=1S/C17H20N2O2/c1-4-19(5-2)17(20)21-16-9-8-13(3)11-15(16)14-7-6-10-18-12-14/h6-12H,4-5H2,1-3H3. The van der Waals surface area contributed by atoms with Crippen LogP contribution in [0.1, 0.15) is 19.4 Å². The molecule has 0 atom stereocenters. The van der Waals surface area contributed by atoms with Crippen LogP contribution in [-0.4, -0.2) is 29.1 Å². The van der Waals surface area contributed by atoms with Crippen molar-refractivity contribution in [1.82, 2.24) is 9.88 Å². The first kappa shape index (κ1) is 15.0. The molecule has 0 aliphatic carbocycles. The Hall–Kier alpha value is -2.36. The number of rotatable bonds is 4. The highest BCUT2D eigenvalue weighted by atomic mass is 16.6. The largest absolute Gasteiger partial charge is 0.415 e. The van der Waals surface area contributed by atoms with Crippen LogP contribution in [0.4, 0.5) is 4.79 Å². The number of carbonyl (C=O) groups is 1. The third kappa shape index (κ3) is 3.60. The summed E-state index contributed by atoms with van der Waals surface area (Å²) in [4.78, 5) is 17.9. The van der Waals surface area contributed by atoms with E-state index in [2.05, 4.69) is 4.98 Å². The van der Waals surface area contributed by atoms with E-state index in [0.29, 0.717) is 18.8 Å². The minimum absolute atomic E-state index is 0.325. The first-order chi connectivity index (χ1) is 10.2. The van der Waals surface area contributed by atoms with Gasteiger partial charge >= 0.3 is 6.09 Å². The van der Waals surface area contributed by atoms with Gasteiger partial charge in [-0.15, -0.1) is 0 Å². The number of hydrogen-bond donors (Lipinski definition) is 0. The van der Waals surface area contributed by atoms with E-state index in [0.717, 1.165) is 16.7 Å². The lowest BCUT2D eigenvalue weighted by Gasteiger charge is -2.19. The number of nitrogens with zero attached hydrogens (tertiary/aromatic N) is 2. The van der Waals surface area contributed by atoms with Gasteiger partial charge in [-0.3, -0.25) is 4.98 Å². The summed E-state index contributed by atoms with van der Waals surface area (Å²) in [6.07, 6.45) is 3.17. The second-order valence-corrected chi connectivity index (χ2v) is 4.78. The molecule has 2 rings (SSSR count). The monoisotopic (exact) mass is 284 g/mol. The van der Waals surface area contributed by atoms with E-state index in [4.69, 9.17) is 4.74 Å². The van der Waals surface area contributed by atoms with Crippen molar-refractivity contribution < 1.29 is 9.53 Å². The molecule has 0 saturated heterocycles. The summed E-state index contributed by atoms with van der Waals surface area (Å²) in [5.41, 5.74) is 2.92. The topological polar surface area (TPSA) is 42.4 Å². The van der Waals surface area contributed by atoms with Gasteiger partial charge < -0.3 is 9.64 Å². The van der Waals surface area contributed by atoms with Gasteiger partial charge in [0.25, 0.3) is 0 Å². The summed E-state index contributed by atoms with van der Waals surface area (Å²) in [6.45, 7) is 7.13. The number of ether oxygens (including phenoxy) is 1. The number of pyridine rings is 1. The first-order valence-corrected chi connectivity index (χ1v) is 7.13. The van der Waals surface area contributed by atoms with Crippen molar-refractivity contribution in [2.24, 2.45) is 0 Å². The Kier molecular flexibility index (Phi) is 4.93. The van der Waals surface area contributed by atoms with Gasteiger partial charge in [-0.25, -0.2) is 4.79 Å². The maximum Gasteiger partial charge on any atom is 0.415 e. The Bertz CT molecular complexity index is 607. The Balaban J connectivity index is 2.34. The summed E-state index contributed by atoms with van der Waals surface area (Å²) in [6, 6.07) is 9.59. The van der Waals surface area contributed by atoms with E-state index < -0.39 is 0 Å². The van der Waals surface area contributed by atoms with Crippen LogP contribution in [0.15, 0.2) is 42.7 Å². The van der Waals surface area contributed by atoms with Crippen LogP contribution in [0.5, 0.6) is 5.75 Å². The van der Waals surface area contributed by atoms with Crippen LogP contribution < -0.4 is 4.74 Å². The molecule has 4 nitrogen and oxygen atoms in total. The SMILES string of the molecule is CCN(CC)C(=O)Oc1ccc(C)cc1-c1cccnc1. The summed E-state index contributed by atoms with van der Waals surface area (Å²) in [5, 5.41) is 0. The van der Waals surface area contributed by atoms with Crippen molar-refractivity contribution in [2.75, 3.05) is 13.1 Å². The molecule has 1 aromatic carbocycles. The molecule has 21 heavy (non-hydrogen) atoms. The number of hydrogen-bond acceptors (Lipinski definition) is 3. The van der Waals surface area contributed by atoms with Gasteiger partial charge in [0.2, 0.25) is 0 Å². The van der Waals surface area contributed by atoms with Crippen molar-refractivity contribution in [3.05, 3.63) is 48.3 Å². The highest BCUT2D eigenvalue weighted by Crippen LogP contribution is 2.30. The molecule has 2 aromatic rings. The molecule has 0 bridgehead atoms. The predicted octanol–water partition coefficient (Wildman–Crippen LogP) is 3.90. The first-order valence-electron chi connectivity index (χ1n) is 7.13. The summed E-state index contributed by atoms with van der Waals surface area (Å²) in [5.74, 6) is 0.561. The molecule has 0 aliphatic heterocycles. The lowest BCUT2D eigenvalue weighted by atomic mass is 10.0. The Morgan fingerprint density at radius 1 is 1.24 bits per heavy atom. The molecule has 1 heterocycles. The van der Waals surface area contributed by atoms with Crippen molar-refractivity contribution in [2.45, 2.75) is 20.8 Å². The molecule has 110 valence electrons. The predicted molar refractivity (Wildman–Crippen MR) is 83.4 cm³/mol. The van der Waals surface area contributed by atoms with Gasteiger partial charge in [0, 0.05) is 36.6 Å². The number of aryl methyl sites for hydroxylation is 1. The van der Waals surface area contributed by atoms with Crippen molar-refractivity contribution in [1.29, 1.82) is 0 Å². The maximum absolute atomic E-state index is 12.1. The molecule has 0 saturated carbocycles. The van der Waals surface area contributed by atoms with Crippen molar-refractivity contribution in [3.63, 3.8) is 0 Å². The molecule has 0 aliphatic rings. The average Bonchev–Trinajstić information content (AvgIpc) is 2.51. The molecule has 1 aromatic heterocycles. The number of aromatic nitrogens is 1. The molecule has 0 unspecified atom stereocenters. The third-order valence-corrected chi connectivity index (χ3v) is 3.33. The van der Waals surface area contributed by atoms with Gasteiger partial charge in [-0.1, -0.05) is 17.7 Å². The Morgan fingerprint density at radius 2 is 2.00 bits per heavy atom. The van der Waals surface area contributed by atoms with Crippen LogP contribution in [0.25, 0.3) is 11.1 Å². The van der Waals surface area contributed by atoms with Gasteiger partial charge in [0.15, 0.2) is 0 Å². The number of benzene rings is 1. The summed E-state index contributed by atoms with van der Waals surface area (Å²) >= 11 is 0. The van der Waals surface area contributed by atoms with Gasteiger partial charge in [0.1, 0.15) is 5.75 Å². The zero-order valence-electron chi connectivity index (χ0n) is 12.7. The normalized spacial score (nSPS) is 10.2. The third-order valence-electron chi connectivity index (χ3n) is 3.33. The zero-order valence-corrected chi connectivity index (χ0v) is 12.7. The molecule has 0 fully saturated rings. The quantitative estimate of drug-likeness (QED) is 0.855. The molecule has 0 spiro atoms. The molecule has 0 N–H and O–H groups in total. The number of amides is 1. The highest BCUT2D eigenvalue weighted by Gasteiger charge is 2.15. The Labute approximate surface area is 125 Å². The lowest BCUT2D eigenvalue weighted by molar-refractivity contribution is 0.157. The lowest BCUT2D eigenvalue weighted by Crippen LogP contribution is -2.33.